The molecule has 6 heteroatoms. The number of amides is 1. The number of carbonyl (C=O) groups excluding carboxylic acids is 1. The van der Waals surface area contributed by atoms with Gasteiger partial charge < -0.3 is 15.2 Å². The number of carbonyl (C=O) groups is 1. The maximum absolute atomic E-state index is 11.7. The molecule has 1 amide bonds. The Morgan fingerprint density at radius 2 is 1.96 bits per heavy atom. The molecule has 0 fully saturated rings. The van der Waals surface area contributed by atoms with E-state index < -0.39 is 19.8 Å². The number of phenolic OH excluding ortho intramolecular Hbond substituents is 1. The fourth-order valence-corrected chi connectivity index (χ4v) is 2.40. The molecule has 0 unspecified atom stereocenters. The van der Waals surface area contributed by atoms with Crippen molar-refractivity contribution in [3.63, 3.8) is 0 Å². The van der Waals surface area contributed by atoms with Gasteiger partial charge in [-0.15, -0.1) is 5.54 Å². The molecule has 0 spiro atoms. The van der Waals surface area contributed by atoms with Gasteiger partial charge in [-0.1, -0.05) is 37.2 Å². The quantitative estimate of drug-likeness (QED) is 0.615. The molecule has 1 aromatic carbocycles. The lowest BCUT2D eigenvalue weighted by Gasteiger charge is -2.20. The number of alkyl carbamates (subject to hydrolysis) is 1. The molecule has 23 heavy (non-hydrogen) atoms. The number of phenols is 1. The number of ether oxygens (including phenoxy) is 1. The van der Waals surface area contributed by atoms with Crippen molar-refractivity contribution >= 4 is 25.8 Å². The van der Waals surface area contributed by atoms with E-state index >= 15 is 0 Å². The maximum Gasteiger partial charge on any atom is 0.407 e. The molecule has 0 saturated carbocycles. The van der Waals surface area contributed by atoms with Crippen LogP contribution in [0.25, 0.3) is 0 Å². The van der Waals surface area contributed by atoms with Crippen molar-refractivity contribution < 1.29 is 14.6 Å². The minimum atomic E-state index is -1.50. The molecule has 0 aliphatic rings. The number of benzene rings is 1. The monoisotopic (exact) mass is 353 g/mol. The van der Waals surface area contributed by atoms with Gasteiger partial charge in [-0.05, 0) is 32.9 Å². The summed E-state index contributed by atoms with van der Waals surface area (Å²) >= 11 is 6.19. The van der Waals surface area contributed by atoms with E-state index in [1.807, 2.05) is 0 Å². The molecular formula is C17H24ClNO3Si. The number of rotatable bonds is 2. The molecule has 0 aliphatic carbocycles. The molecule has 0 atom stereocenters. The molecule has 0 bridgehead atoms. The van der Waals surface area contributed by atoms with E-state index in [1.165, 1.54) is 0 Å². The largest absolute Gasteiger partial charge is 0.508 e. The van der Waals surface area contributed by atoms with Crippen molar-refractivity contribution in [2.24, 2.45) is 0 Å². The lowest BCUT2D eigenvalue weighted by Crippen LogP contribution is -2.32. The van der Waals surface area contributed by atoms with Crippen LogP contribution in [0.5, 0.6) is 5.75 Å². The Morgan fingerprint density at radius 1 is 1.35 bits per heavy atom. The van der Waals surface area contributed by atoms with E-state index in [9.17, 15) is 9.90 Å². The highest BCUT2D eigenvalue weighted by molar-refractivity contribution is 6.83. The summed E-state index contributed by atoms with van der Waals surface area (Å²) in [5.41, 5.74) is 3.74. The first-order valence-electron chi connectivity index (χ1n) is 7.39. The van der Waals surface area contributed by atoms with Gasteiger partial charge >= 0.3 is 6.09 Å². The highest BCUT2D eigenvalue weighted by Crippen LogP contribution is 2.27. The zero-order chi connectivity index (χ0) is 17.8. The minimum Gasteiger partial charge on any atom is -0.508 e. The van der Waals surface area contributed by atoms with Gasteiger partial charge in [-0.2, -0.15) is 0 Å². The molecule has 0 heterocycles. The van der Waals surface area contributed by atoms with Gasteiger partial charge in [0, 0.05) is 11.1 Å². The predicted molar refractivity (Wildman–Crippen MR) is 96.4 cm³/mol. The number of nitrogens with one attached hydrogen (secondary N) is 1. The van der Waals surface area contributed by atoms with Crippen molar-refractivity contribution in [2.75, 3.05) is 0 Å². The van der Waals surface area contributed by atoms with E-state index in [4.69, 9.17) is 16.3 Å². The molecule has 1 rings (SSSR count). The normalized spacial score (nSPS) is 11.4. The van der Waals surface area contributed by atoms with E-state index in [2.05, 4.69) is 36.4 Å². The van der Waals surface area contributed by atoms with Crippen LogP contribution in [-0.4, -0.2) is 24.9 Å². The van der Waals surface area contributed by atoms with Crippen LogP contribution in [-0.2, 0) is 11.3 Å². The Hall–Kier alpha value is -1.64. The highest BCUT2D eigenvalue weighted by Gasteiger charge is 2.17. The van der Waals surface area contributed by atoms with Gasteiger partial charge in [0.1, 0.15) is 19.4 Å². The molecule has 126 valence electrons. The zero-order valence-corrected chi connectivity index (χ0v) is 16.3. The minimum absolute atomic E-state index is 0.00781. The standard InChI is InChI=1S/C17H24ClNO3Si/c1-17(2,3)22-16(21)19-11-13-14(18)9-12(10-15(13)20)7-8-23(4,5)6/h9-10,20H,11H2,1-6H3,(H,19,21). The molecule has 0 saturated heterocycles. The topological polar surface area (TPSA) is 58.6 Å². The molecule has 2 N–H and O–H groups in total. The van der Waals surface area contributed by atoms with Crippen LogP contribution in [0.1, 0.15) is 31.9 Å². The van der Waals surface area contributed by atoms with Crippen molar-refractivity contribution in [3.05, 3.63) is 28.3 Å². The summed E-state index contributed by atoms with van der Waals surface area (Å²) < 4.78 is 5.15. The molecular weight excluding hydrogens is 330 g/mol. The first-order chi connectivity index (χ1) is 10.4. The van der Waals surface area contributed by atoms with Crippen molar-refractivity contribution in [2.45, 2.75) is 52.6 Å². The first kappa shape index (κ1) is 19.4. The second kappa shape index (κ2) is 7.29. The van der Waals surface area contributed by atoms with E-state index in [-0.39, 0.29) is 12.3 Å². The summed E-state index contributed by atoms with van der Waals surface area (Å²) in [5.74, 6) is 3.05. The Morgan fingerprint density at radius 3 is 2.43 bits per heavy atom. The first-order valence-corrected chi connectivity index (χ1v) is 11.3. The van der Waals surface area contributed by atoms with Crippen LogP contribution in [0.15, 0.2) is 12.1 Å². The third kappa shape index (κ3) is 7.44. The summed E-state index contributed by atoms with van der Waals surface area (Å²) in [6.45, 7) is 11.8. The summed E-state index contributed by atoms with van der Waals surface area (Å²) in [6, 6.07) is 3.26. The van der Waals surface area contributed by atoms with Crippen LogP contribution in [0.4, 0.5) is 4.79 Å². The van der Waals surface area contributed by atoms with Crippen LogP contribution in [0, 0.1) is 11.5 Å². The number of aromatic hydroxyl groups is 1. The Labute approximate surface area is 144 Å². The van der Waals surface area contributed by atoms with E-state index in [0.29, 0.717) is 16.1 Å². The fourth-order valence-electron chi connectivity index (χ4n) is 1.60. The van der Waals surface area contributed by atoms with Crippen molar-refractivity contribution in [3.8, 4) is 17.2 Å². The van der Waals surface area contributed by atoms with Gasteiger partial charge in [0.05, 0.1) is 11.6 Å². The Bertz CT molecular complexity index is 626. The number of hydrogen-bond acceptors (Lipinski definition) is 3. The third-order valence-corrected chi connectivity index (χ3v) is 3.77. The lowest BCUT2D eigenvalue weighted by atomic mass is 10.1. The summed E-state index contributed by atoms with van der Waals surface area (Å²) in [6.07, 6.45) is -0.560. The van der Waals surface area contributed by atoms with E-state index in [0.717, 1.165) is 0 Å². The highest BCUT2D eigenvalue weighted by atomic mass is 35.5. The van der Waals surface area contributed by atoms with Gasteiger partial charge in [0.2, 0.25) is 0 Å². The lowest BCUT2D eigenvalue weighted by molar-refractivity contribution is 0.0523. The van der Waals surface area contributed by atoms with Crippen molar-refractivity contribution in [1.82, 2.24) is 5.32 Å². The molecule has 4 nitrogen and oxygen atoms in total. The van der Waals surface area contributed by atoms with Gasteiger partial charge in [0.15, 0.2) is 0 Å². The SMILES string of the molecule is CC(C)(C)OC(=O)NCc1c(O)cc(C#C[Si](C)(C)C)cc1Cl. The molecule has 0 radical (unpaired) electrons. The summed E-state index contributed by atoms with van der Waals surface area (Å²) in [5, 5.41) is 13.1. The van der Waals surface area contributed by atoms with Gasteiger partial charge in [-0.25, -0.2) is 4.79 Å². The maximum atomic E-state index is 11.7. The average Bonchev–Trinajstić information content (AvgIpc) is 2.32. The van der Waals surface area contributed by atoms with Crippen LogP contribution in [0.2, 0.25) is 24.7 Å². The van der Waals surface area contributed by atoms with Crippen LogP contribution in [0.3, 0.4) is 0 Å². The van der Waals surface area contributed by atoms with Crippen LogP contribution >= 0.6 is 11.6 Å². The molecule has 0 aromatic heterocycles. The Balaban J connectivity index is 2.86. The predicted octanol–water partition coefficient (Wildman–Crippen LogP) is 4.30. The van der Waals surface area contributed by atoms with Crippen LogP contribution < -0.4 is 5.32 Å². The third-order valence-electron chi connectivity index (χ3n) is 2.56. The average molecular weight is 354 g/mol. The second-order valence-electron chi connectivity index (χ2n) is 7.31. The van der Waals surface area contributed by atoms with E-state index in [1.54, 1.807) is 32.9 Å². The number of hydrogen-bond donors (Lipinski definition) is 2. The molecule has 0 aliphatic heterocycles. The summed E-state index contributed by atoms with van der Waals surface area (Å²) in [4.78, 5) is 11.7. The summed E-state index contributed by atoms with van der Waals surface area (Å²) in [7, 11) is -1.50. The van der Waals surface area contributed by atoms with Gasteiger partial charge in [0.25, 0.3) is 0 Å². The smallest absolute Gasteiger partial charge is 0.407 e. The molecule has 1 aromatic rings. The Kier molecular flexibility index (Phi) is 6.15. The van der Waals surface area contributed by atoms with Crippen molar-refractivity contribution in [1.29, 1.82) is 0 Å². The second-order valence-corrected chi connectivity index (χ2v) is 12.5. The fraction of sp³-hybridized carbons (Fsp3) is 0.471. The van der Waals surface area contributed by atoms with Gasteiger partial charge in [-0.3, -0.25) is 0 Å². The zero-order valence-electron chi connectivity index (χ0n) is 14.5. The number of halogens is 1.